The maximum absolute atomic E-state index is 13.0. The second-order valence-electron chi connectivity index (χ2n) is 9.46. The van der Waals surface area contributed by atoms with E-state index in [1.165, 1.54) is 14.0 Å². The van der Waals surface area contributed by atoms with E-state index in [-0.39, 0.29) is 24.0 Å². The minimum Gasteiger partial charge on any atom is -0.467 e. The number of methoxy groups -OCH3 is 1. The molecule has 2 aliphatic rings. The van der Waals surface area contributed by atoms with Crippen LogP contribution in [0.5, 0.6) is 0 Å². The van der Waals surface area contributed by atoms with Crippen LogP contribution in [0.4, 0.5) is 0 Å². The Morgan fingerprint density at radius 2 is 1.69 bits per heavy atom. The molecule has 7 heteroatoms. The standard InChI is InChI=1S/C28H35NO6/c1-20(30)29-28(27(31)32-2)15-9-14-23-16-24(34-18-22-12-7-4-8-13-22)25(35-26(23)28)19-33-17-21-10-5-3-6-11-21/h3-8,10-13,23-26H,9,14-19H2,1-2H3,(H,29,30)/t23-,24-,25+,26+,28+/m0/s1. The number of carbonyl (C=O) groups is 2. The molecule has 1 saturated heterocycles. The average molecular weight is 482 g/mol. The lowest BCUT2D eigenvalue weighted by atomic mass is 9.69. The van der Waals surface area contributed by atoms with Gasteiger partial charge in [0.25, 0.3) is 0 Å². The van der Waals surface area contributed by atoms with Gasteiger partial charge in [0.1, 0.15) is 6.10 Å². The van der Waals surface area contributed by atoms with Crippen molar-refractivity contribution in [2.75, 3.05) is 13.7 Å². The Hall–Kier alpha value is -2.74. The highest BCUT2D eigenvalue weighted by molar-refractivity contribution is 5.88. The van der Waals surface area contributed by atoms with Gasteiger partial charge < -0.3 is 24.3 Å². The first-order chi connectivity index (χ1) is 17.0. The van der Waals surface area contributed by atoms with Crippen molar-refractivity contribution in [3.63, 3.8) is 0 Å². The SMILES string of the molecule is COC(=O)[C@@]1(NC(C)=O)CCC[C@H]2C[C@H](OCc3ccccc3)[C@@H](COCc3ccccc3)O[C@H]21. The van der Waals surface area contributed by atoms with Crippen molar-refractivity contribution in [1.29, 1.82) is 0 Å². The van der Waals surface area contributed by atoms with Crippen molar-refractivity contribution in [2.24, 2.45) is 5.92 Å². The Morgan fingerprint density at radius 3 is 2.31 bits per heavy atom. The van der Waals surface area contributed by atoms with E-state index in [0.29, 0.717) is 26.2 Å². The van der Waals surface area contributed by atoms with Gasteiger partial charge in [0.15, 0.2) is 5.54 Å². The van der Waals surface area contributed by atoms with Crippen LogP contribution in [-0.4, -0.2) is 49.4 Å². The highest BCUT2D eigenvalue weighted by atomic mass is 16.6. The fraction of sp³-hybridized carbons (Fsp3) is 0.500. The van der Waals surface area contributed by atoms with Crippen molar-refractivity contribution >= 4 is 11.9 Å². The number of esters is 1. The van der Waals surface area contributed by atoms with Crippen molar-refractivity contribution in [3.8, 4) is 0 Å². The zero-order valence-electron chi connectivity index (χ0n) is 20.5. The molecule has 0 spiro atoms. The summed E-state index contributed by atoms with van der Waals surface area (Å²) < 4.78 is 24.2. The Labute approximate surface area is 207 Å². The fourth-order valence-corrected chi connectivity index (χ4v) is 5.40. The molecule has 2 aromatic rings. The molecule has 1 saturated carbocycles. The van der Waals surface area contributed by atoms with Gasteiger partial charge in [-0.25, -0.2) is 4.79 Å². The van der Waals surface area contributed by atoms with E-state index in [1.54, 1.807) is 0 Å². The Bertz CT molecular complexity index is 968. The van der Waals surface area contributed by atoms with E-state index < -0.39 is 17.6 Å². The van der Waals surface area contributed by atoms with Crippen LogP contribution in [0.3, 0.4) is 0 Å². The van der Waals surface area contributed by atoms with Gasteiger partial charge in [0.2, 0.25) is 5.91 Å². The van der Waals surface area contributed by atoms with Gasteiger partial charge in [-0.3, -0.25) is 4.79 Å². The van der Waals surface area contributed by atoms with Crippen molar-refractivity contribution in [2.45, 2.75) is 69.7 Å². The monoisotopic (exact) mass is 481 g/mol. The van der Waals surface area contributed by atoms with Gasteiger partial charge in [-0.05, 0) is 36.3 Å². The number of amides is 1. The second kappa shape index (κ2) is 11.8. The van der Waals surface area contributed by atoms with Crippen LogP contribution >= 0.6 is 0 Å². The molecule has 1 aliphatic heterocycles. The summed E-state index contributed by atoms with van der Waals surface area (Å²) in [6.07, 6.45) is 1.79. The molecular formula is C28H35NO6. The molecule has 5 atom stereocenters. The third kappa shape index (κ3) is 6.10. The number of hydrogen-bond acceptors (Lipinski definition) is 6. The summed E-state index contributed by atoms with van der Waals surface area (Å²) in [6, 6.07) is 20.0. The average Bonchev–Trinajstić information content (AvgIpc) is 2.88. The Morgan fingerprint density at radius 1 is 1.03 bits per heavy atom. The first kappa shape index (κ1) is 25.4. The molecule has 7 nitrogen and oxygen atoms in total. The van der Waals surface area contributed by atoms with E-state index in [9.17, 15) is 9.59 Å². The molecule has 1 amide bonds. The number of benzene rings is 2. The fourth-order valence-electron chi connectivity index (χ4n) is 5.40. The smallest absolute Gasteiger partial charge is 0.334 e. The first-order valence-corrected chi connectivity index (χ1v) is 12.3. The minimum absolute atomic E-state index is 0.0563. The van der Waals surface area contributed by atoms with Crippen LogP contribution in [0.15, 0.2) is 60.7 Å². The van der Waals surface area contributed by atoms with Crippen LogP contribution in [0.1, 0.15) is 43.7 Å². The van der Waals surface area contributed by atoms with Crippen molar-refractivity contribution in [3.05, 3.63) is 71.8 Å². The largest absolute Gasteiger partial charge is 0.467 e. The van der Waals surface area contributed by atoms with Gasteiger partial charge in [0, 0.05) is 6.92 Å². The summed E-state index contributed by atoms with van der Waals surface area (Å²) in [7, 11) is 1.35. The summed E-state index contributed by atoms with van der Waals surface area (Å²) >= 11 is 0. The van der Waals surface area contributed by atoms with E-state index >= 15 is 0 Å². The number of hydrogen-bond donors (Lipinski definition) is 1. The zero-order chi connectivity index (χ0) is 24.7. The van der Waals surface area contributed by atoms with E-state index in [2.05, 4.69) is 5.32 Å². The zero-order valence-corrected chi connectivity index (χ0v) is 20.5. The molecule has 0 bridgehead atoms. The molecule has 1 heterocycles. The minimum atomic E-state index is -1.20. The lowest BCUT2D eigenvalue weighted by Gasteiger charge is -2.51. The topological polar surface area (TPSA) is 83.1 Å². The molecule has 0 radical (unpaired) electrons. The molecule has 0 aromatic heterocycles. The number of carbonyl (C=O) groups excluding carboxylic acids is 2. The molecule has 1 aliphatic carbocycles. The van der Waals surface area contributed by atoms with Crippen molar-refractivity contribution in [1.82, 2.24) is 5.32 Å². The van der Waals surface area contributed by atoms with Crippen LogP contribution in [0.25, 0.3) is 0 Å². The second-order valence-corrected chi connectivity index (χ2v) is 9.46. The highest BCUT2D eigenvalue weighted by Crippen LogP contribution is 2.43. The first-order valence-electron chi connectivity index (χ1n) is 12.3. The summed E-state index contributed by atoms with van der Waals surface area (Å²) in [6.45, 7) is 2.65. The number of ether oxygens (including phenoxy) is 4. The Kier molecular flexibility index (Phi) is 8.55. The van der Waals surface area contributed by atoms with Gasteiger partial charge in [-0.2, -0.15) is 0 Å². The van der Waals surface area contributed by atoms with Gasteiger partial charge >= 0.3 is 5.97 Å². The molecule has 4 rings (SSSR count). The molecular weight excluding hydrogens is 446 g/mol. The van der Waals surface area contributed by atoms with Crippen LogP contribution < -0.4 is 5.32 Å². The maximum atomic E-state index is 13.0. The third-order valence-corrected chi connectivity index (χ3v) is 6.98. The van der Waals surface area contributed by atoms with E-state index in [1.807, 2.05) is 60.7 Å². The molecule has 2 aromatic carbocycles. The number of nitrogens with one attached hydrogen (secondary N) is 1. The molecule has 188 valence electrons. The maximum Gasteiger partial charge on any atom is 0.334 e. The highest BCUT2D eigenvalue weighted by Gasteiger charge is 2.57. The molecule has 2 fully saturated rings. The quantitative estimate of drug-likeness (QED) is 0.549. The normalized spacial score (nSPS) is 28.1. The third-order valence-electron chi connectivity index (χ3n) is 6.98. The molecule has 0 unspecified atom stereocenters. The van der Waals surface area contributed by atoms with Crippen LogP contribution in [0, 0.1) is 5.92 Å². The predicted molar refractivity (Wildman–Crippen MR) is 130 cm³/mol. The lowest BCUT2D eigenvalue weighted by Crippen LogP contribution is -2.69. The number of rotatable bonds is 9. The van der Waals surface area contributed by atoms with Gasteiger partial charge in [-0.1, -0.05) is 67.1 Å². The Balaban J connectivity index is 1.53. The summed E-state index contributed by atoms with van der Waals surface area (Å²) in [5.41, 5.74) is 0.957. The van der Waals surface area contributed by atoms with Crippen molar-refractivity contribution < 1.29 is 28.5 Å². The summed E-state index contributed by atoms with van der Waals surface area (Å²) in [5.74, 6) is -0.685. The van der Waals surface area contributed by atoms with E-state index in [4.69, 9.17) is 18.9 Å². The number of fused-ring (bicyclic) bond motifs is 1. The van der Waals surface area contributed by atoms with Crippen LogP contribution in [0.2, 0.25) is 0 Å². The molecule has 1 N–H and O–H groups in total. The molecule has 35 heavy (non-hydrogen) atoms. The summed E-state index contributed by atoms with van der Waals surface area (Å²) in [5, 5.41) is 2.90. The van der Waals surface area contributed by atoms with E-state index in [0.717, 1.165) is 30.4 Å². The van der Waals surface area contributed by atoms with Crippen LogP contribution in [-0.2, 0) is 41.8 Å². The summed E-state index contributed by atoms with van der Waals surface area (Å²) in [4.78, 5) is 25.1. The lowest BCUT2D eigenvalue weighted by molar-refractivity contribution is -0.220. The predicted octanol–water partition coefficient (Wildman–Crippen LogP) is 3.79. The van der Waals surface area contributed by atoms with Gasteiger partial charge in [-0.15, -0.1) is 0 Å². The van der Waals surface area contributed by atoms with Gasteiger partial charge in [0.05, 0.1) is 39.1 Å².